The van der Waals surface area contributed by atoms with Crippen molar-refractivity contribution in [2.24, 2.45) is 0 Å². The van der Waals surface area contributed by atoms with Crippen molar-refractivity contribution < 1.29 is 9.18 Å². The molecule has 0 aliphatic carbocycles. The SMILES string of the molecule is CNCCC(=O)Nc1cccc(F)c1C#N. The maximum absolute atomic E-state index is 13.2. The van der Waals surface area contributed by atoms with Gasteiger partial charge in [-0.2, -0.15) is 5.26 Å². The summed E-state index contributed by atoms with van der Waals surface area (Å²) in [6, 6.07) is 5.85. The summed E-state index contributed by atoms with van der Waals surface area (Å²) in [6.07, 6.45) is 0.276. The number of anilines is 1. The van der Waals surface area contributed by atoms with Crippen molar-refractivity contribution in [3.8, 4) is 6.07 Å². The number of hydrogen-bond acceptors (Lipinski definition) is 3. The van der Waals surface area contributed by atoms with E-state index in [9.17, 15) is 9.18 Å². The van der Waals surface area contributed by atoms with Gasteiger partial charge in [0, 0.05) is 13.0 Å². The van der Waals surface area contributed by atoms with E-state index in [0.717, 1.165) is 0 Å². The van der Waals surface area contributed by atoms with Gasteiger partial charge >= 0.3 is 0 Å². The molecule has 1 aromatic rings. The van der Waals surface area contributed by atoms with Crippen LogP contribution in [0, 0.1) is 17.1 Å². The zero-order valence-electron chi connectivity index (χ0n) is 8.88. The molecule has 0 fully saturated rings. The first-order valence-corrected chi connectivity index (χ1v) is 4.82. The van der Waals surface area contributed by atoms with Crippen LogP contribution in [0.15, 0.2) is 18.2 Å². The molecule has 0 atom stereocenters. The molecule has 0 saturated heterocycles. The van der Waals surface area contributed by atoms with Gasteiger partial charge < -0.3 is 10.6 Å². The van der Waals surface area contributed by atoms with Crippen molar-refractivity contribution in [1.82, 2.24) is 5.32 Å². The van der Waals surface area contributed by atoms with Crippen LogP contribution < -0.4 is 10.6 Å². The number of nitrogens with one attached hydrogen (secondary N) is 2. The first-order valence-electron chi connectivity index (χ1n) is 4.82. The van der Waals surface area contributed by atoms with E-state index in [0.29, 0.717) is 6.54 Å². The van der Waals surface area contributed by atoms with E-state index in [1.54, 1.807) is 13.1 Å². The Morgan fingerprint density at radius 3 is 2.94 bits per heavy atom. The van der Waals surface area contributed by atoms with Crippen LogP contribution in [0.25, 0.3) is 0 Å². The Hall–Kier alpha value is -1.93. The Morgan fingerprint density at radius 1 is 1.56 bits per heavy atom. The molecule has 0 spiro atoms. The molecule has 0 radical (unpaired) electrons. The molecule has 2 N–H and O–H groups in total. The first-order chi connectivity index (χ1) is 7.69. The first kappa shape index (κ1) is 12.1. The molecule has 1 rings (SSSR count). The summed E-state index contributed by atoms with van der Waals surface area (Å²) in [7, 11) is 1.73. The highest BCUT2D eigenvalue weighted by Crippen LogP contribution is 2.17. The van der Waals surface area contributed by atoms with Gasteiger partial charge in [-0.1, -0.05) is 6.07 Å². The predicted octanol–water partition coefficient (Wildman–Crippen LogP) is 1.25. The quantitative estimate of drug-likeness (QED) is 0.804. The van der Waals surface area contributed by atoms with Crippen LogP contribution >= 0.6 is 0 Å². The highest BCUT2D eigenvalue weighted by molar-refractivity contribution is 5.92. The van der Waals surface area contributed by atoms with E-state index in [1.807, 2.05) is 0 Å². The summed E-state index contributed by atoms with van der Waals surface area (Å²) < 4.78 is 13.2. The van der Waals surface area contributed by atoms with E-state index >= 15 is 0 Å². The van der Waals surface area contributed by atoms with Crippen molar-refractivity contribution in [3.05, 3.63) is 29.6 Å². The summed E-state index contributed by atoms with van der Waals surface area (Å²) in [5.41, 5.74) is 0.0731. The van der Waals surface area contributed by atoms with E-state index in [2.05, 4.69) is 10.6 Å². The Morgan fingerprint density at radius 2 is 2.31 bits per heavy atom. The molecule has 0 unspecified atom stereocenters. The normalized spacial score (nSPS) is 9.56. The van der Waals surface area contributed by atoms with Crippen molar-refractivity contribution in [2.45, 2.75) is 6.42 Å². The zero-order chi connectivity index (χ0) is 12.0. The van der Waals surface area contributed by atoms with Gasteiger partial charge in [0.1, 0.15) is 17.4 Å². The number of carbonyl (C=O) groups excluding carboxylic acids is 1. The fraction of sp³-hybridized carbons (Fsp3) is 0.273. The summed E-state index contributed by atoms with van der Waals surface area (Å²) in [5, 5.41) is 14.1. The number of nitrogens with zero attached hydrogens (tertiary/aromatic N) is 1. The predicted molar refractivity (Wildman–Crippen MR) is 58.3 cm³/mol. The number of nitriles is 1. The molecular formula is C11H12FN3O. The number of rotatable bonds is 4. The molecule has 0 aromatic heterocycles. The second kappa shape index (κ2) is 5.83. The van der Waals surface area contributed by atoms with Crippen LogP contribution in [0.4, 0.5) is 10.1 Å². The Balaban J connectivity index is 2.78. The topological polar surface area (TPSA) is 64.9 Å². The molecular weight excluding hydrogens is 209 g/mol. The van der Waals surface area contributed by atoms with Crippen molar-refractivity contribution in [2.75, 3.05) is 18.9 Å². The standard InChI is InChI=1S/C11H12FN3O/c1-14-6-5-11(16)15-10-4-2-3-9(12)8(10)7-13/h2-4,14H,5-6H2,1H3,(H,15,16). The highest BCUT2D eigenvalue weighted by Gasteiger charge is 2.09. The lowest BCUT2D eigenvalue weighted by atomic mass is 10.2. The fourth-order valence-corrected chi connectivity index (χ4v) is 1.19. The molecule has 0 saturated carbocycles. The van der Waals surface area contributed by atoms with Gasteiger partial charge in [-0.15, -0.1) is 0 Å². The average Bonchev–Trinajstić information content (AvgIpc) is 2.27. The molecule has 1 aromatic carbocycles. The number of halogens is 1. The lowest BCUT2D eigenvalue weighted by molar-refractivity contribution is -0.116. The van der Waals surface area contributed by atoms with E-state index in [4.69, 9.17) is 5.26 Å². The van der Waals surface area contributed by atoms with Crippen molar-refractivity contribution in [3.63, 3.8) is 0 Å². The average molecular weight is 221 g/mol. The summed E-state index contributed by atoms with van der Waals surface area (Å²) in [6.45, 7) is 0.531. The third-order valence-corrected chi connectivity index (χ3v) is 2.00. The number of benzene rings is 1. The van der Waals surface area contributed by atoms with Crippen LogP contribution in [0.2, 0.25) is 0 Å². The van der Waals surface area contributed by atoms with Gasteiger partial charge in [0.2, 0.25) is 5.91 Å². The number of hydrogen-bond donors (Lipinski definition) is 2. The zero-order valence-corrected chi connectivity index (χ0v) is 8.88. The van der Waals surface area contributed by atoms with Crippen molar-refractivity contribution >= 4 is 11.6 Å². The third-order valence-electron chi connectivity index (χ3n) is 2.00. The minimum atomic E-state index is -0.631. The van der Waals surface area contributed by atoms with E-state index in [1.165, 1.54) is 18.2 Å². The smallest absolute Gasteiger partial charge is 0.225 e. The van der Waals surface area contributed by atoms with Gasteiger partial charge in [0.15, 0.2) is 0 Å². The van der Waals surface area contributed by atoms with Gasteiger partial charge in [-0.05, 0) is 19.2 Å². The second-order valence-electron chi connectivity index (χ2n) is 3.18. The Kier molecular flexibility index (Phi) is 4.42. The lowest BCUT2D eigenvalue weighted by Gasteiger charge is -2.06. The van der Waals surface area contributed by atoms with Crippen LogP contribution in [-0.2, 0) is 4.79 Å². The second-order valence-corrected chi connectivity index (χ2v) is 3.18. The molecule has 4 nitrogen and oxygen atoms in total. The van der Waals surface area contributed by atoms with E-state index in [-0.39, 0.29) is 23.6 Å². The summed E-state index contributed by atoms with van der Waals surface area (Å²) >= 11 is 0. The van der Waals surface area contributed by atoms with Gasteiger partial charge in [-0.3, -0.25) is 4.79 Å². The number of carbonyl (C=O) groups is 1. The molecule has 0 bridgehead atoms. The molecule has 0 aliphatic heterocycles. The molecule has 5 heteroatoms. The fourth-order valence-electron chi connectivity index (χ4n) is 1.19. The molecule has 84 valence electrons. The Bertz CT molecular complexity index is 426. The largest absolute Gasteiger partial charge is 0.325 e. The summed E-state index contributed by atoms with van der Waals surface area (Å²) in [4.78, 5) is 11.4. The minimum Gasteiger partial charge on any atom is -0.325 e. The van der Waals surface area contributed by atoms with Crippen LogP contribution in [0.3, 0.4) is 0 Å². The van der Waals surface area contributed by atoms with Gasteiger partial charge in [0.05, 0.1) is 5.69 Å². The Labute approximate surface area is 93.1 Å². The number of amides is 1. The maximum atomic E-state index is 13.2. The van der Waals surface area contributed by atoms with Crippen LogP contribution in [0.1, 0.15) is 12.0 Å². The monoisotopic (exact) mass is 221 g/mol. The van der Waals surface area contributed by atoms with Crippen LogP contribution in [-0.4, -0.2) is 19.5 Å². The lowest BCUT2D eigenvalue weighted by Crippen LogP contribution is -2.19. The van der Waals surface area contributed by atoms with Gasteiger partial charge in [0.25, 0.3) is 0 Å². The third kappa shape index (κ3) is 3.04. The van der Waals surface area contributed by atoms with Crippen LogP contribution in [0.5, 0.6) is 0 Å². The molecule has 0 heterocycles. The maximum Gasteiger partial charge on any atom is 0.225 e. The highest BCUT2D eigenvalue weighted by atomic mass is 19.1. The molecule has 16 heavy (non-hydrogen) atoms. The molecule has 1 amide bonds. The van der Waals surface area contributed by atoms with Crippen molar-refractivity contribution in [1.29, 1.82) is 5.26 Å². The molecule has 0 aliphatic rings. The minimum absolute atomic E-state index is 0.139. The van der Waals surface area contributed by atoms with E-state index < -0.39 is 5.82 Å². The van der Waals surface area contributed by atoms with Gasteiger partial charge in [-0.25, -0.2) is 4.39 Å². The summed E-state index contributed by atoms with van der Waals surface area (Å²) in [5.74, 6) is -0.884.